The van der Waals surface area contributed by atoms with Crippen LogP contribution in [0.25, 0.3) is 0 Å². The topological polar surface area (TPSA) is 75.7 Å². The van der Waals surface area contributed by atoms with Gasteiger partial charge in [-0.25, -0.2) is 12.8 Å². The second-order valence-corrected chi connectivity index (χ2v) is 8.14. The van der Waals surface area contributed by atoms with Crippen LogP contribution in [0.1, 0.15) is 22.8 Å². The van der Waals surface area contributed by atoms with Gasteiger partial charge in [-0.3, -0.25) is 9.10 Å². The van der Waals surface area contributed by atoms with Crippen molar-refractivity contribution in [3.63, 3.8) is 0 Å². The molecular formula is C19H23FN2O4S. The SMILES string of the molecule is COC[C@H](C)NC(=O)c1ccc(N(Cc2ccccc2F)S(C)(=O)=O)cc1. The van der Waals surface area contributed by atoms with E-state index in [1.54, 1.807) is 19.2 Å². The summed E-state index contributed by atoms with van der Waals surface area (Å²) in [7, 11) is -2.09. The van der Waals surface area contributed by atoms with Crippen LogP contribution in [0.5, 0.6) is 0 Å². The number of carbonyl (C=O) groups excluding carboxylic acids is 1. The summed E-state index contributed by atoms with van der Waals surface area (Å²) in [4.78, 5) is 12.2. The minimum absolute atomic E-state index is 0.137. The van der Waals surface area contributed by atoms with Crippen LogP contribution in [0.3, 0.4) is 0 Å². The number of halogens is 1. The molecule has 0 aliphatic rings. The molecular weight excluding hydrogens is 371 g/mol. The standard InChI is InChI=1S/C19H23FN2O4S/c1-14(13-26-2)21-19(23)15-8-10-17(11-9-15)22(27(3,24)25)12-16-6-4-5-7-18(16)20/h4-11,14H,12-13H2,1-3H3,(H,21,23)/t14-/m0/s1. The lowest BCUT2D eigenvalue weighted by Crippen LogP contribution is -2.35. The molecule has 0 fully saturated rings. The summed E-state index contributed by atoms with van der Waals surface area (Å²) in [6.07, 6.45) is 1.06. The van der Waals surface area contributed by atoms with Crippen LogP contribution in [0.15, 0.2) is 48.5 Å². The van der Waals surface area contributed by atoms with E-state index in [2.05, 4.69) is 5.32 Å². The van der Waals surface area contributed by atoms with Gasteiger partial charge in [-0.15, -0.1) is 0 Å². The number of anilines is 1. The maximum absolute atomic E-state index is 13.9. The van der Waals surface area contributed by atoms with Gasteiger partial charge in [0.15, 0.2) is 0 Å². The lowest BCUT2D eigenvalue weighted by atomic mass is 10.1. The Morgan fingerprint density at radius 1 is 1.19 bits per heavy atom. The third-order valence-corrected chi connectivity index (χ3v) is 5.02. The van der Waals surface area contributed by atoms with E-state index in [-0.39, 0.29) is 24.1 Å². The number of amides is 1. The van der Waals surface area contributed by atoms with Gasteiger partial charge in [-0.05, 0) is 37.3 Å². The molecule has 1 amide bonds. The van der Waals surface area contributed by atoms with Gasteiger partial charge in [0.25, 0.3) is 5.91 Å². The number of hydrogen-bond acceptors (Lipinski definition) is 4. The van der Waals surface area contributed by atoms with E-state index in [1.807, 2.05) is 6.92 Å². The molecule has 1 atom stereocenters. The molecule has 27 heavy (non-hydrogen) atoms. The predicted octanol–water partition coefficient (Wildman–Crippen LogP) is 2.56. The zero-order valence-electron chi connectivity index (χ0n) is 15.5. The number of nitrogens with one attached hydrogen (secondary N) is 1. The number of rotatable bonds is 8. The maximum atomic E-state index is 13.9. The third-order valence-electron chi connectivity index (χ3n) is 3.88. The van der Waals surface area contributed by atoms with Crippen LogP contribution in [0, 0.1) is 5.82 Å². The first-order chi connectivity index (χ1) is 12.7. The zero-order chi connectivity index (χ0) is 20.0. The number of ether oxygens (including phenoxy) is 1. The van der Waals surface area contributed by atoms with Crippen LogP contribution in [0.4, 0.5) is 10.1 Å². The van der Waals surface area contributed by atoms with Gasteiger partial charge < -0.3 is 10.1 Å². The first kappa shape index (κ1) is 20.9. The molecule has 2 rings (SSSR count). The molecule has 0 aliphatic heterocycles. The average molecular weight is 394 g/mol. The van der Waals surface area contributed by atoms with E-state index in [0.717, 1.165) is 10.6 Å². The third kappa shape index (κ3) is 5.77. The second kappa shape index (κ2) is 8.96. The molecule has 0 saturated heterocycles. The number of carbonyl (C=O) groups is 1. The molecule has 8 heteroatoms. The van der Waals surface area contributed by atoms with E-state index in [1.165, 1.54) is 36.4 Å². The molecule has 0 radical (unpaired) electrons. The largest absolute Gasteiger partial charge is 0.383 e. The summed E-state index contributed by atoms with van der Waals surface area (Å²) in [6.45, 7) is 2.06. The van der Waals surface area contributed by atoms with Crippen LogP contribution in [0.2, 0.25) is 0 Å². The normalized spacial score (nSPS) is 12.4. The van der Waals surface area contributed by atoms with Gasteiger partial charge in [-0.2, -0.15) is 0 Å². The van der Waals surface area contributed by atoms with Crippen LogP contribution in [-0.4, -0.2) is 40.3 Å². The Kier molecular flexibility index (Phi) is 6.92. The summed E-state index contributed by atoms with van der Waals surface area (Å²) in [6, 6.07) is 12.0. The van der Waals surface area contributed by atoms with Crippen LogP contribution >= 0.6 is 0 Å². The fourth-order valence-corrected chi connectivity index (χ4v) is 3.44. The van der Waals surface area contributed by atoms with E-state index in [4.69, 9.17) is 4.74 Å². The summed E-state index contributed by atoms with van der Waals surface area (Å²) in [5.41, 5.74) is 1.00. The highest BCUT2D eigenvalue weighted by atomic mass is 32.2. The van der Waals surface area contributed by atoms with Crippen molar-refractivity contribution < 1.29 is 22.3 Å². The van der Waals surface area contributed by atoms with E-state index in [0.29, 0.717) is 17.9 Å². The molecule has 0 aromatic heterocycles. The monoisotopic (exact) mass is 394 g/mol. The Bertz CT molecular complexity index is 885. The summed E-state index contributed by atoms with van der Waals surface area (Å²) < 4.78 is 44.4. The lowest BCUT2D eigenvalue weighted by Gasteiger charge is -2.23. The predicted molar refractivity (Wildman–Crippen MR) is 103 cm³/mol. The minimum Gasteiger partial charge on any atom is -0.383 e. The Balaban J connectivity index is 2.23. The van der Waals surface area contributed by atoms with E-state index >= 15 is 0 Å². The highest BCUT2D eigenvalue weighted by Crippen LogP contribution is 2.22. The Labute approximate surface area is 159 Å². The Hall–Kier alpha value is -2.45. The molecule has 1 N–H and O–H groups in total. The molecule has 146 valence electrons. The smallest absolute Gasteiger partial charge is 0.251 e. The van der Waals surface area contributed by atoms with Gasteiger partial charge in [0, 0.05) is 24.3 Å². The number of nitrogens with zero attached hydrogens (tertiary/aromatic N) is 1. The zero-order valence-corrected chi connectivity index (χ0v) is 16.3. The fourth-order valence-electron chi connectivity index (χ4n) is 2.56. The average Bonchev–Trinajstić information content (AvgIpc) is 2.60. The molecule has 0 heterocycles. The van der Waals surface area contributed by atoms with E-state index in [9.17, 15) is 17.6 Å². The number of sulfonamides is 1. The minimum atomic E-state index is -3.64. The molecule has 6 nitrogen and oxygen atoms in total. The quantitative estimate of drug-likeness (QED) is 0.747. The Morgan fingerprint density at radius 2 is 1.81 bits per heavy atom. The molecule has 2 aromatic rings. The van der Waals surface area contributed by atoms with Gasteiger partial charge in [0.2, 0.25) is 10.0 Å². The highest BCUT2D eigenvalue weighted by Gasteiger charge is 2.20. The van der Waals surface area contributed by atoms with Gasteiger partial charge in [0.05, 0.1) is 25.1 Å². The number of hydrogen-bond donors (Lipinski definition) is 1. The van der Waals surface area contributed by atoms with Crippen molar-refractivity contribution in [2.24, 2.45) is 0 Å². The lowest BCUT2D eigenvalue weighted by molar-refractivity contribution is 0.0905. The summed E-state index contributed by atoms with van der Waals surface area (Å²) in [5.74, 6) is -0.764. The molecule has 0 bridgehead atoms. The molecule has 0 aliphatic carbocycles. The second-order valence-electron chi connectivity index (χ2n) is 6.24. The molecule has 0 unspecified atom stereocenters. The van der Waals surface area contributed by atoms with Crippen molar-refractivity contribution >= 4 is 21.6 Å². The first-order valence-electron chi connectivity index (χ1n) is 8.33. The van der Waals surface area contributed by atoms with Crippen molar-refractivity contribution in [3.8, 4) is 0 Å². The number of benzene rings is 2. The van der Waals surface area contributed by atoms with Gasteiger partial charge >= 0.3 is 0 Å². The molecule has 0 saturated carbocycles. The van der Waals surface area contributed by atoms with E-state index < -0.39 is 15.8 Å². The van der Waals surface area contributed by atoms with Crippen molar-refractivity contribution in [3.05, 3.63) is 65.5 Å². The van der Waals surface area contributed by atoms with Gasteiger partial charge in [0.1, 0.15) is 5.82 Å². The summed E-state index contributed by atoms with van der Waals surface area (Å²) >= 11 is 0. The molecule has 0 spiro atoms. The Morgan fingerprint density at radius 3 is 2.37 bits per heavy atom. The molecule has 2 aromatic carbocycles. The van der Waals surface area contributed by atoms with Gasteiger partial charge in [-0.1, -0.05) is 18.2 Å². The van der Waals surface area contributed by atoms with Crippen molar-refractivity contribution in [1.29, 1.82) is 0 Å². The number of methoxy groups -OCH3 is 1. The van der Waals surface area contributed by atoms with Crippen molar-refractivity contribution in [2.45, 2.75) is 19.5 Å². The highest BCUT2D eigenvalue weighted by molar-refractivity contribution is 7.92. The van der Waals surface area contributed by atoms with Crippen molar-refractivity contribution in [1.82, 2.24) is 5.32 Å². The maximum Gasteiger partial charge on any atom is 0.251 e. The fraction of sp³-hybridized carbons (Fsp3) is 0.316. The first-order valence-corrected chi connectivity index (χ1v) is 10.2. The van der Waals surface area contributed by atoms with Crippen LogP contribution < -0.4 is 9.62 Å². The van der Waals surface area contributed by atoms with Crippen molar-refractivity contribution in [2.75, 3.05) is 24.3 Å². The van der Waals surface area contributed by atoms with Crippen LogP contribution in [-0.2, 0) is 21.3 Å². The summed E-state index contributed by atoms with van der Waals surface area (Å²) in [5, 5.41) is 2.78.